The first-order valence-corrected chi connectivity index (χ1v) is 8.52. The molecule has 5 nitrogen and oxygen atoms in total. The smallest absolute Gasteiger partial charge is 0.280 e. The molecule has 1 aromatic carbocycles. The minimum absolute atomic E-state index is 0.134. The molecule has 112 valence electrons. The Labute approximate surface area is 121 Å². The van der Waals surface area contributed by atoms with Gasteiger partial charge in [0, 0.05) is 25.7 Å². The predicted molar refractivity (Wildman–Crippen MR) is 80.1 cm³/mol. The van der Waals surface area contributed by atoms with Crippen LogP contribution in [0.1, 0.15) is 25.3 Å². The third-order valence-electron chi connectivity index (χ3n) is 3.64. The van der Waals surface area contributed by atoms with Gasteiger partial charge < -0.3 is 5.73 Å². The Hall–Kier alpha value is -0.950. The van der Waals surface area contributed by atoms with Crippen LogP contribution in [-0.4, -0.2) is 31.9 Å². The van der Waals surface area contributed by atoms with Crippen molar-refractivity contribution in [2.24, 2.45) is 11.7 Å². The van der Waals surface area contributed by atoms with E-state index in [1.54, 1.807) is 0 Å². The number of hydrogen-bond acceptors (Lipinski definition) is 3. The van der Waals surface area contributed by atoms with E-state index in [1.807, 2.05) is 37.3 Å². The van der Waals surface area contributed by atoms with Gasteiger partial charge in [0.15, 0.2) is 0 Å². The zero-order valence-corrected chi connectivity index (χ0v) is 12.6. The number of benzene rings is 1. The maximum atomic E-state index is 12.4. The molecule has 3 N–H and O–H groups in total. The average molecular weight is 297 g/mol. The number of hydrogen-bond donors (Lipinski definition) is 2. The number of nitrogens with one attached hydrogen (secondary N) is 1. The van der Waals surface area contributed by atoms with Crippen molar-refractivity contribution < 1.29 is 8.42 Å². The lowest BCUT2D eigenvalue weighted by Crippen LogP contribution is -2.48. The Morgan fingerprint density at radius 1 is 1.35 bits per heavy atom. The van der Waals surface area contributed by atoms with Gasteiger partial charge in [0.2, 0.25) is 0 Å². The van der Waals surface area contributed by atoms with Crippen LogP contribution in [0, 0.1) is 5.92 Å². The van der Waals surface area contributed by atoms with Gasteiger partial charge in [-0.25, -0.2) is 0 Å². The summed E-state index contributed by atoms with van der Waals surface area (Å²) in [5.41, 5.74) is 6.65. The number of nitrogens with zero attached hydrogens (tertiary/aromatic N) is 1. The molecule has 1 aliphatic carbocycles. The molecule has 1 unspecified atom stereocenters. The number of rotatable bonds is 8. The van der Waals surface area contributed by atoms with Crippen molar-refractivity contribution in [2.45, 2.75) is 32.4 Å². The fraction of sp³-hybridized carbons (Fsp3) is 0.571. The second-order valence-corrected chi connectivity index (χ2v) is 6.92. The largest absolute Gasteiger partial charge is 0.329 e. The average Bonchev–Trinajstić information content (AvgIpc) is 3.27. The third kappa shape index (κ3) is 4.02. The minimum atomic E-state index is -3.48. The summed E-state index contributed by atoms with van der Waals surface area (Å²) in [6, 6.07) is 9.47. The van der Waals surface area contributed by atoms with Gasteiger partial charge in [0.25, 0.3) is 10.2 Å². The van der Waals surface area contributed by atoms with Crippen molar-refractivity contribution >= 4 is 10.2 Å². The zero-order chi connectivity index (χ0) is 14.6. The lowest BCUT2D eigenvalue weighted by Gasteiger charge is -2.24. The number of nitrogens with two attached hydrogens (primary N) is 1. The summed E-state index contributed by atoms with van der Waals surface area (Å²) in [6.45, 7) is 3.02. The Kier molecular flexibility index (Phi) is 5.15. The van der Waals surface area contributed by atoms with Crippen LogP contribution >= 0.6 is 0 Å². The van der Waals surface area contributed by atoms with E-state index in [9.17, 15) is 8.42 Å². The van der Waals surface area contributed by atoms with Crippen LogP contribution in [0.5, 0.6) is 0 Å². The van der Waals surface area contributed by atoms with Crippen LogP contribution in [0.25, 0.3) is 0 Å². The summed E-state index contributed by atoms with van der Waals surface area (Å²) in [6.07, 6.45) is 2.13. The highest BCUT2D eigenvalue weighted by atomic mass is 32.2. The molecular weight excluding hydrogens is 274 g/mol. The molecule has 0 aliphatic heterocycles. The van der Waals surface area contributed by atoms with Gasteiger partial charge >= 0.3 is 0 Å². The van der Waals surface area contributed by atoms with Crippen LogP contribution in [0.2, 0.25) is 0 Å². The molecule has 20 heavy (non-hydrogen) atoms. The predicted octanol–water partition coefficient (Wildman–Crippen LogP) is 1.08. The molecule has 0 spiro atoms. The van der Waals surface area contributed by atoms with Gasteiger partial charge in [0.1, 0.15) is 0 Å². The Bertz CT molecular complexity index is 514. The molecule has 1 fully saturated rings. The standard InChI is InChI=1S/C14H23N3O2S/c1-2-17(11-12-6-4-3-5-7-12)20(18,19)16-14(10-15)13-8-9-13/h3-7,13-14,16H,2,8-11,15H2,1H3. The van der Waals surface area contributed by atoms with E-state index >= 15 is 0 Å². The highest BCUT2D eigenvalue weighted by molar-refractivity contribution is 7.87. The zero-order valence-electron chi connectivity index (χ0n) is 11.8. The normalized spacial score (nSPS) is 17.4. The van der Waals surface area contributed by atoms with Gasteiger partial charge in [-0.3, -0.25) is 0 Å². The molecule has 1 saturated carbocycles. The van der Waals surface area contributed by atoms with Crippen LogP contribution in [0.4, 0.5) is 0 Å². The van der Waals surface area contributed by atoms with Gasteiger partial charge in [-0.1, -0.05) is 37.3 Å². The van der Waals surface area contributed by atoms with Crippen LogP contribution < -0.4 is 10.5 Å². The van der Waals surface area contributed by atoms with Crippen molar-refractivity contribution in [3.63, 3.8) is 0 Å². The molecule has 0 radical (unpaired) electrons. The maximum Gasteiger partial charge on any atom is 0.280 e. The molecule has 0 aromatic heterocycles. The van der Waals surface area contributed by atoms with Gasteiger partial charge in [-0.2, -0.15) is 17.4 Å². The van der Waals surface area contributed by atoms with Crippen molar-refractivity contribution in [1.82, 2.24) is 9.03 Å². The molecule has 1 atom stereocenters. The summed E-state index contributed by atoms with van der Waals surface area (Å²) >= 11 is 0. The first kappa shape index (κ1) is 15.4. The van der Waals surface area contributed by atoms with Crippen LogP contribution in [0.3, 0.4) is 0 Å². The molecule has 2 rings (SSSR count). The van der Waals surface area contributed by atoms with Gasteiger partial charge in [-0.05, 0) is 24.3 Å². The Morgan fingerprint density at radius 3 is 2.50 bits per heavy atom. The molecule has 0 heterocycles. The van der Waals surface area contributed by atoms with Crippen molar-refractivity contribution in [1.29, 1.82) is 0 Å². The molecule has 0 bridgehead atoms. The molecule has 1 aliphatic rings. The highest BCUT2D eigenvalue weighted by Crippen LogP contribution is 2.32. The molecule has 0 amide bonds. The molecular formula is C14H23N3O2S. The first-order valence-electron chi connectivity index (χ1n) is 7.08. The Morgan fingerprint density at radius 2 is 2.00 bits per heavy atom. The van der Waals surface area contributed by atoms with Crippen molar-refractivity contribution in [3.05, 3.63) is 35.9 Å². The fourth-order valence-corrected chi connectivity index (χ4v) is 3.73. The van der Waals surface area contributed by atoms with Crippen LogP contribution in [-0.2, 0) is 16.8 Å². The third-order valence-corrected chi connectivity index (χ3v) is 5.31. The van der Waals surface area contributed by atoms with E-state index in [-0.39, 0.29) is 6.04 Å². The van der Waals surface area contributed by atoms with Gasteiger partial charge in [-0.15, -0.1) is 0 Å². The van der Waals surface area contributed by atoms with E-state index in [2.05, 4.69) is 4.72 Å². The monoisotopic (exact) mass is 297 g/mol. The van der Waals surface area contributed by atoms with E-state index in [4.69, 9.17) is 5.73 Å². The van der Waals surface area contributed by atoms with Crippen LogP contribution in [0.15, 0.2) is 30.3 Å². The summed E-state index contributed by atoms with van der Waals surface area (Å²) in [5.74, 6) is 0.408. The summed E-state index contributed by atoms with van der Waals surface area (Å²) in [7, 11) is -3.48. The van der Waals surface area contributed by atoms with Gasteiger partial charge in [0.05, 0.1) is 0 Å². The van der Waals surface area contributed by atoms with E-state index < -0.39 is 10.2 Å². The summed E-state index contributed by atoms with van der Waals surface area (Å²) in [4.78, 5) is 0. The van der Waals surface area contributed by atoms with Crippen molar-refractivity contribution in [3.8, 4) is 0 Å². The fourth-order valence-electron chi connectivity index (χ4n) is 2.26. The Balaban J connectivity index is 2.04. The highest BCUT2D eigenvalue weighted by Gasteiger charge is 2.34. The topological polar surface area (TPSA) is 75.4 Å². The summed E-state index contributed by atoms with van der Waals surface area (Å²) in [5, 5.41) is 0. The molecule has 1 aromatic rings. The second kappa shape index (κ2) is 6.67. The maximum absolute atomic E-state index is 12.4. The van der Waals surface area contributed by atoms with Crippen molar-refractivity contribution in [2.75, 3.05) is 13.1 Å². The van der Waals surface area contributed by atoms with E-state index in [0.717, 1.165) is 18.4 Å². The summed E-state index contributed by atoms with van der Waals surface area (Å²) < 4.78 is 29.1. The lowest BCUT2D eigenvalue weighted by atomic mass is 10.2. The SMILES string of the molecule is CCN(Cc1ccccc1)S(=O)(=O)NC(CN)C1CC1. The molecule has 6 heteroatoms. The molecule has 0 saturated heterocycles. The second-order valence-electron chi connectivity index (χ2n) is 5.21. The van der Waals surface area contributed by atoms with E-state index in [1.165, 1.54) is 4.31 Å². The minimum Gasteiger partial charge on any atom is -0.329 e. The first-order chi connectivity index (χ1) is 9.56. The lowest BCUT2D eigenvalue weighted by molar-refractivity contribution is 0.401. The van der Waals surface area contributed by atoms with E-state index in [0.29, 0.717) is 25.6 Å². The quantitative estimate of drug-likeness (QED) is 0.754.